The van der Waals surface area contributed by atoms with E-state index in [4.69, 9.17) is 4.74 Å². The van der Waals surface area contributed by atoms with Crippen LogP contribution in [0.25, 0.3) is 0 Å². The molecule has 1 N–H and O–H groups in total. The first-order chi connectivity index (χ1) is 12.2. The first kappa shape index (κ1) is 17.5. The van der Waals surface area contributed by atoms with E-state index in [1.54, 1.807) is 22.9 Å². The Labute approximate surface area is 148 Å². The zero-order chi connectivity index (χ0) is 17.6. The van der Waals surface area contributed by atoms with Crippen molar-refractivity contribution in [2.75, 3.05) is 38.1 Å². The highest BCUT2D eigenvalue weighted by molar-refractivity contribution is 5.93. The van der Waals surface area contributed by atoms with Crippen LogP contribution in [-0.2, 0) is 4.74 Å². The number of nitrogens with zero attached hydrogens (tertiary/aromatic N) is 3. The van der Waals surface area contributed by atoms with Crippen molar-refractivity contribution in [2.24, 2.45) is 0 Å². The van der Waals surface area contributed by atoms with Gasteiger partial charge in [0.15, 0.2) is 0 Å². The molecule has 2 heterocycles. The van der Waals surface area contributed by atoms with Gasteiger partial charge in [0.2, 0.25) is 0 Å². The third kappa shape index (κ3) is 4.41. The Morgan fingerprint density at radius 1 is 1.20 bits per heavy atom. The van der Waals surface area contributed by atoms with Crippen LogP contribution in [0.3, 0.4) is 0 Å². The summed E-state index contributed by atoms with van der Waals surface area (Å²) >= 11 is 0. The molecule has 1 aliphatic heterocycles. The average Bonchev–Trinajstić information content (AvgIpc) is 3.15. The Balaban J connectivity index is 1.57. The number of hydrogen-bond acceptors (Lipinski definition) is 5. The van der Waals surface area contributed by atoms with Crippen molar-refractivity contribution in [3.63, 3.8) is 0 Å². The zero-order valence-corrected chi connectivity index (χ0v) is 14.7. The van der Waals surface area contributed by atoms with Crippen LogP contribution in [0.4, 0.5) is 10.5 Å². The quantitative estimate of drug-likeness (QED) is 0.906. The number of carbonyl (C=O) groups excluding carboxylic acids is 2. The van der Waals surface area contributed by atoms with Crippen molar-refractivity contribution in [3.8, 4) is 0 Å². The first-order valence-corrected chi connectivity index (χ1v) is 9.11. The van der Waals surface area contributed by atoms with Gasteiger partial charge in [0, 0.05) is 44.1 Å². The molecular weight excluding hydrogens is 320 g/mol. The second kappa shape index (κ2) is 8.18. The van der Waals surface area contributed by atoms with Gasteiger partial charge in [0.25, 0.3) is 5.91 Å². The van der Waals surface area contributed by atoms with Crippen molar-refractivity contribution in [1.82, 2.24) is 14.8 Å². The molecule has 7 heteroatoms. The van der Waals surface area contributed by atoms with E-state index >= 15 is 0 Å². The molecule has 0 atom stereocenters. The van der Waals surface area contributed by atoms with Gasteiger partial charge < -0.3 is 19.9 Å². The number of pyridine rings is 1. The van der Waals surface area contributed by atoms with Gasteiger partial charge in [-0.05, 0) is 31.9 Å². The van der Waals surface area contributed by atoms with E-state index in [1.165, 1.54) is 25.7 Å². The summed E-state index contributed by atoms with van der Waals surface area (Å²) in [7, 11) is 0. The number of piperazine rings is 1. The molecule has 1 saturated carbocycles. The van der Waals surface area contributed by atoms with Crippen molar-refractivity contribution in [3.05, 3.63) is 24.0 Å². The molecule has 0 spiro atoms. The molecule has 0 unspecified atom stereocenters. The fourth-order valence-electron chi connectivity index (χ4n) is 3.41. The summed E-state index contributed by atoms with van der Waals surface area (Å²) < 4.78 is 5.00. The lowest BCUT2D eigenvalue weighted by molar-refractivity contribution is 0.0566. The lowest BCUT2D eigenvalue weighted by Gasteiger charge is -2.33. The Hall–Kier alpha value is -2.31. The minimum Gasteiger partial charge on any atom is -0.450 e. The molecule has 2 amide bonds. The third-order valence-electron chi connectivity index (χ3n) is 4.80. The highest BCUT2D eigenvalue weighted by atomic mass is 16.6. The van der Waals surface area contributed by atoms with Gasteiger partial charge in [-0.25, -0.2) is 4.79 Å². The number of hydrogen-bond donors (Lipinski definition) is 1. The maximum atomic E-state index is 12.7. The van der Waals surface area contributed by atoms with E-state index in [9.17, 15) is 9.59 Å². The van der Waals surface area contributed by atoms with E-state index in [2.05, 4.69) is 10.3 Å². The summed E-state index contributed by atoms with van der Waals surface area (Å²) in [4.78, 5) is 32.0. The highest BCUT2D eigenvalue weighted by Crippen LogP contribution is 2.22. The number of carbonyl (C=O) groups is 2. The molecule has 0 bridgehead atoms. The topological polar surface area (TPSA) is 74.8 Å². The van der Waals surface area contributed by atoms with E-state index in [0.717, 1.165) is 5.69 Å². The Morgan fingerprint density at radius 3 is 2.56 bits per heavy atom. The lowest BCUT2D eigenvalue weighted by atomic mass is 10.2. The van der Waals surface area contributed by atoms with E-state index in [0.29, 0.717) is 44.5 Å². The molecule has 2 fully saturated rings. The Bertz CT molecular complexity index is 608. The molecule has 2 aliphatic rings. The zero-order valence-electron chi connectivity index (χ0n) is 14.7. The summed E-state index contributed by atoms with van der Waals surface area (Å²) in [6.45, 7) is 4.13. The first-order valence-electron chi connectivity index (χ1n) is 9.11. The molecular formula is C18H26N4O3. The van der Waals surface area contributed by atoms with Crippen molar-refractivity contribution >= 4 is 17.7 Å². The fraction of sp³-hybridized carbons (Fsp3) is 0.611. The van der Waals surface area contributed by atoms with Crippen LogP contribution in [0, 0.1) is 0 Å². The average molecular weight is 346 g/mol. The minimum absolute atomic E-state index is 0.0846. The van der Waals surface area contributed by atoms with Gasteiger partial charge >= 0.3 is 6.09 Å². The van der Waals surface area contributed by atoms with E-state index < -0.39 is 0 Å². The standard InChI is InChI=1S/C18H26N4O3/c1-2-25-18(24)22-11-9-21(10-12-22)17(23)16-13-15(7-8-19-16)20-14-5-3-4-6-14/h7-8,13-14H,2-6,9-12H2,1H3,(H,19,20). The fourth-order valence-corrected chi connectivity index (χ4v) is 3.41. The van der Waals surface area contributed by atoms with Crippen LogP contribution in [0.5, 0.6) is 0 Å². The van der Waals surface area contributed by atoms with Crippen molar-refractivity contribution < 1.29 is 14.3 Å². The van der Waals surface area contributed by atoms with E-state index in [1.807, 2.05) is 12.1 Å². The smallest absolute Gasteiger partial charge is 0.409 e. The number of ether oxygens (including phenoxy) is 1. The molecule has 0 radical (unpaired) electrons. The molecule has 1 aliphatic carbocycles. The number of amides is 2. The molecule has 25 heavy (non-hydrogen) atoms. The van der Waals surface area contributed by atoms with Gasteiger partial charge in [-0.3, -0.25) is 9.78 Å². The van der Waals surface area contributed by atoms with Gasteiger partial charge in [0.05, 0.1) is 6.61 Å². The van der Waals surface area contributed by atoms with Crippen LogP contribution in [0.15, 0.2) is 18.3 Å². The van der Waals surface area contributed by atoms with Crippen molar-refractivity contribution in [2.45, 2.75) is 38.6 Å². The third-order valence-corrected chi connectivity index (χ3v) is 4.80. The molecule has 7 nitrogen and oxygen atoms in total. The van der Waals surface area contributed by atoms with Crippen LogP contribution in [-0.4, -0.2) is 65.6 Å². The molecule has 3 rings (SSSR count). The van der Waals surface area contributed by atoms with Gasteiger partial charge in [-0.1, -0.05) is 12.8 Å². The summed E-state index contributed by atoms with van der Waals surface area (Å²) in [6.07, 6.45) is 6.26. The largest absolute Gasteiger partial charge is 0.450 e. The minimum atomic E-state index is -0.310. The van der Waals surface area contributed by atoms with E-state index in [-0.39, 0.29) is 12.0 Å². The van der Waals surface area contributed by atoms with Crippen LogP contribution in [0.2, 0.25) is 0 Å². The molecule has 1 saturated heterocycles. The second-order valence-electron chi connectivity index (χ2n) is 6.53. The summed E-state index contributed by atoms with van der Waals surface area (Å²) in [5.41, 5.74) is 1.41. The van der Waals surface area contributed by atoms with Gasteiger partial charge in [-0.15, -0.1) is 0 Å². The normalized spacial score (nSPS) is 18.3. The van der Waals surface area contributed by atoms with Gasteiger partial charge in [0.1, 0.15) is 5.69 Å². The maximum Gasteiger partial charge on any atom is 0.409 e. The number of rotatable bonds is 4. The van der Waals surface area contributed by atoms with Gasteiger partial charge in [-0.2, -0.15) is 0 Å². The summed E-state index contributed by atoms with van der Waals surface area (Å²) in [6, 6.07) is 4.24. The Kier molecular flexibility index (Phi) is 5.73. The predicted molar refractivity (Wildman–Crippen MR) is 94.6 cm³/mol. The number of anilines is 1. The van der Waals surface area contributed by atoms with Crippen LogP contribution >= 0.6 is 0 Å². The van der Waals surface area contributed by atoms with Crippen LogP contribution in [0.1, 0.15) is 43.1 Å². The summed E-state index contributed by atoms with van der Waals surface area (Å²) in [5, 5.41) is 3.49. The number of aromatic nitrogens is 1. The molecule has 1 aromatic rings. The molecule has 136 valence electrons. The predicted octanol–water partition coefficient (Wildman–Crippen LogP) is 2.35. The number of nitrogens with one attached hydrogen (secondary N) is 1. The van der Waals surface area contributed by atoms with Crippen LogP contribution < -0.4 is 5.32 Å². The maximum absolute atomic E-state index is 12.7. The molecule has 0 aromatic carbocycles. The monoisotopic (exact) mass is 346 g/mol. The highest BCUT2D eigenvalue weighted by Gasteiger charge is 2.26. The summed E-state index contributed by atoms with van der Waals surface area (Å²) in [5.74, 6) is -0.0846. The SMILES string of the molecule is CCOC(=O)N1CCN(C(=O)c2cc(NC3CCCC3)ccn2)CC1. The Morgan fingerprint density at radius 2 is 1.88 bits per heavy atom. The van der Waals surface area contributed by atoms with Crippen molar-refractivity contribution in [1.29, 1.82) is 0 Å². The second-order valence-corrected chi connectivity index (χ2v) is 6.53. The molecule has 1 aromatic heterocycles. The lowest BCUT2D eigenvalue weighted by Crippen LogP contribution is -2.50.